The molecule has 0 saturated carbocycles. The third kappa shape index (κ3) is 3.45. The quantitative estimate of drug-likeness (QED) is 0.890. The number of aromatic nitrogens is 1. The Labute approximate surface area is 111 Å². The van der Waals surface area contributed by atoms with E-state index in [0.717, 1.165) is 12.2 Å². The molecule has 100 valence electrons. The van der Waals surface area contributed by atoms with Crippen molar-refractivity contribution in [1.82, 2.24) is 10.3 Å². The maximum Gasteiger partial charge on any atom is 0.0415 e. The minimum absolute atomic E-state index is 0.197. The van der Waals surface area contributed by atoms with Crippen molar-refractivity contribution in [3.63, 3.8) is 0 Å². The maximum absolute atomic E-state index is 4.28. The van der Waals surface area contributed by atoms with Crippen molar-refractivity contribution in [3.8, 4) is 0 Å². The van der Waals surface area contributed by atoms with Crippen LogP contribution in [-0.4, -0.2) is 29.7 Å². The third-order valence-corrected chi connectivity index (χ3v) is 3.46. The highest BCUT2D eigenvalue weighted by Crippen LogP contribution is 2.25. The van der Waals surface area contributed by atoms with Crippen LogP contribution in [0.15, 0.2) is 18.3 Å². The number of anilines is 1. The highest BCUT2D eigenvalue weighted by molar-refractivity contribution is 5.48. The summed E-state index contributed by atoms with van der Waals surface area (Å²) in [5.74, 6) is 0. The Morgan fingerprint density at radius 1 is 1.44 bits per heavy atom. The molecule has 0 radical (unpaired) electrons. The molecule has 2 rings (SSSR count). The first kappa shape index (κ1) is 13.3. The molecule has 1 aliphatic rings. The lowest BCUT2D eigenvalue weighted by atomic mass is 10.1. The second-order valence-corrected chi connectivity index (χ2v) is 6.28. The molecule has 0 aromatic carbocycles. The number of nitrogens with zero attached hydrogens (tertiary/aromatic N) is 2. The Kier molecular flexibility index (Phi) is 3.91. The molecule has 1 aromatic heterocycles. The number of pyridine rings is 1. The SMILES string of the molecule is Cc1cc(N2CCCC2CNC(C)(C)C)ccn1. The minimum Gasteiger partial charge on any atom is -0.367 e. The predicted octanol–water partition coefficient (Wildman–Crippen LogP) is 2.75. The van der Waals surface area contributed by atoms with Crippen LogP contribution in [0.4, 0.5) is 5.69 Å². The topological polar surface area (TPSA) is 28.2 Å². The van der Waals surface area contributed by atoms with E-state index in [1.54, 1.807) is 0 Å². The summed E-state index contributed by atoms with van der Waals surface area (Å²) in [4.78, 5) is 6.80. The van der Waals surface area contributed by atoms with Crippen LogP contribution in [0.1, 0.15) is 39.3 Å². The second-order valence-electron chi connectivity index (χ2n) is 6.28. The molecule has 1 aliphatic heterocycles. The first-order valence-corrected chi connectivity index (χ1v) is 6.90. The third-order valence-electron chi connectivity index (χ3n) is 3.46. The summed E-state index contributed by atoms with van der Waals surface area (Å²) in [5, 5.41) is 3.62. The maximum atomic E-state index is 4.28. The average Bonchev–Trinajstić information content (AvgIpc) is 2.73. The molecular weight excluding hydrogens is 222 g/mol. The van der Waals surface area contributed by atoms with Gasteiger partial charge < -0.3 is 10.2 Å². The van der Waals surface area contributed by atoms with Gasteiger partial charge in [0.1, 0.15) is 0 Å². The van der Waals surface area contributed by atoms with E-state index in [1.807, 2.05) is 6.20 Å². The molecule has 18 heavy (non-hydrogen) atoms. The van der Waals surface area contributed by atoms with Crippen LogP contribution in [0, 0.1) is 6.92 Å². The minimum atomic E-state index is 0.197. The van der Waals surface area contributed by atoms with E-state index in [1.165, 1.54) is 25.1 Å². The second kappa shape index (κ2) is 5.27. The van der Waals surface area contributed by atoms with Gasteiger partial charge in [-0.25, -0.2) is 0 Å². The molecule has 1 fully saturated rings. The Hall–Kier alpha value is -1.09. The van der Waals surface area contributed by atoms with E-state index in [9.17, 15) is 0 Å². The van der Waals surface area contributed by atoms with Gasteiger partial charge in [-0.3, -0.25) is 4.98 Å². The fraction of sp³-hybridized carbons (Fsp3) is 0.667. The monoisotopic (exact) mass is 247 g/mol. The lowest BCUT2D eigenvalue weighted by Gasteiger charge is -2.30. The van der Waals surface area contributed by atoms with E-state index in [2.05, 4.69) is 55.0 Å². The number of hydrogen-bond acceptors (Lipinski definition) is 3. The molecule has 3 heteroatoms. The van der Waals surface area contributed by atoms with Crippen molar-refractivity contribution in [2.75, 3.05) is 18.0 Å². The van der Waals surface area contributed by atoms with Gasteiger partial charge >= 0.3 is 0 Å². The first-order valence-electron chi connectivity index (χ1n) is 6.90. The van der Waals surface area contributed by atoms with Gasteiger partial charge in [0.15, 0.2) is 0 Å². The van der Waals surface area contributed by atoms with Crippen molar-refractivity contribution < 1.29 is 0 Å². The van der Waals surface area contributed by atoms with Crippen LogP contribution < -0.4 is 10.2 Å². The van der Waals surface area contributed by atoms with Crippen LogP contribution in [-0.2, 0) is 0 Å². The molecule has 0 aliphatic carbocycles. The molecular formula is C15H25N3. The van der Waals surface area contributed by atoms with Crippen LogP contribution >= 0.6 is 0 Å². The van der Waals surface area contributed by atoms with Gasteiger partial charge in [-0.2, -0.15) is 0 Å². The van der Waals surface area contributed by atoms with Crippen LogP contribution in [0.25, 0.3) is 0 Å². The largest absolute Gasteiger partial charge is 0.367 e. The van der Waals surface area contributed by atoms with Crippen LogP contribution in [0.5, 0.6) is 0 Å². The fourth-order valence-corrected chi connectivity index (χ4v) is 2.52. The number of aryl methyl sites for hydroxylation is 1. The summed E-state index contributed by atoms with van der Waals surface area (Å²) >= 11 is 0. The molecule has 1 N–H and O–H groups in total. The van der Waals surface area contributed by atoms with E-state index in [-0.39, 0.29) is 5.54 Å². The van der Waals surface area contributed by atoms with Crippen molar-refractivity contribution in [1.29, 1.82) is 0 Å². The summed E-state index contributed by atoms with van der Waals surface area (Å²) in [5.41, 5.74) is 2.62. The van der Waals surface area contributed by atoms with E-state index in [4.69, 9.17) is 0 Å². The molecule has 1 saturated heterocycles. The predicted molar refractivity (Wildman–Crippen MR) is 77.1 cm³/mol. The van der Waals surface area contributed by atoms with Gasteiger partial charge in [0.2, 0.25) is 0 Å². The van der Waals surface area contributed by atoms with Crippen LogP contribution in [0.2, 0.25) is 0 Å². The lowest BCUT2D eigenvalue weighted by Crippen LogP contribution is -2.45. The molecule has 1 unspecified atom stereocenters. The van der Waals surface area contributed by atoms with E-state index < -0.39 is 0 Å². The van der Waals surface area contributed by atoms with Gasteiger partial charge in [-0.05, 0) is 52.7 Å². The highest BCUT2D eigenvalue weighted by atomic mass is 15.2. The molecule has 0 amide bonds. The van der Waals surface area contributed by atoms with E-state index in [0.29, 0.717) is 6.04 Å². The smallest absolute Gasteiger partial charge is 0.0415 e. The van der Waals surface area contributed by atoms with E-state index >= 15 is 0 Å². The summed E-state index contributed by atoms with van der Waals surface area (Å²) < 4.78 is 0. The molecule has 1 aromatic rings. The standard InChI is InChI=1S/C15H25N3/c1-12-10-13(7-8-16-12)18-9-5-6-14(18)11-17-15(2,3)4/h7-8,10,14,17H,5-6,9,11H2,1-4H3. The zero-order valence-electron chi connectivity index (χ0n) is 12.0. The van der Waals surface area contributed by atoms with Crippen LogP contribution in [0.3, 0.4) is 0 Å². The zero-order chi connectivity index (χ0) is 13.2. The number of nitrogens with one attached hydrogen (secondary N) is 1. The zero-order valence-corrected chi connectivity index (χ0v) is 12.0. The normalized spacial score (nSPS) is 20.4. The molecule has 0 bridgehead atoms. The summed E-state index contributed by atoms with van der Waals surface area (Å²) in [6.07, 6.45) is 4.49. The van der Waals surface area contributed by atoms with Crippen molar-refractivity contribution in [2.24, 2.45) is 0 Å². The van der Waals surface area contributed by atoms with Gasteiger partial charge in [-0.1, -0.05) is 0 Å². The average molecular weight is 247 g/mol. The van der Waals surface area contributed by atoms with Crippen molar-refractivity contribution in [2.45, 2.75) is 52.1 Å². The Morgan fingerprint density at radius 2 is 2.22 bits per heavy atom. The lowest BCUT2D eigenvalue weighted by molar-refractivity contribution is 0.405. The van der Waals surface area contributed by atoms with Gasteiger partial charge in [-0.15, -0.1) is 0 Å². The van der Waals surface area contributed by atoms with Gasteiger partial charge in [0.25, 0.3) is 0 Å². The molecule has 1 atom stereocenters. The Balaban J connectivity index is 2.03. The number of rotatable bonds is 3. The van der Waals surface area contributed by atoms with Crippen molar-refractivity contribution in [3.05, 3.63) is 24.0 Å². The Bertz CT molecular complexity index is 395. The van der Waals surface area contributed by atoms with Gasteiger partial charge in [0, 0.05) is 42.2 Å². The summed E-state index contributed by atoms with van der Waals surface area (Å²) in [6, 6.07) is 4.93. The van der Waals surface area contributed by atoms with Crippen molar-refractivity contribution >= 4 is 5.69 Å². The number of hydrogen-bond donors (Lipinski definition) is 1. The molecule has 2 heterocycles. The summed E-state index contributed by atoms with van der Waals surface area (Å²) in [7, 11) is 0. The summed E-state index contributed by atoms with van der Waals surface area (Å²) in [6.45, 7) is 11.0. The fourth-order valence-electron chi connectivity index (χ4n) is 2.52. The molecule has 0 spiro atoms. The molecule has 3 nitrogen and oxygen atoms in total. The van der Waals surface area contributed by atoms with Gasteiger partial charge in [0.05, 0.1) is 0 Å². The highest BCUT2D eigenvalue weighted by Gasteiger charge is 2.25. The Morgan fingerprint density at radius 3 is 2.89 bits per heavy atom. The first-order chi connectivity index (χ1) is 8.46.